The summed E-state index contributed by atoms with van der Waals surface area (Å²) < 4.78 is 10.9. The van der Waals surface area contributed by atoms with E-state index in [1.54, 1.807) is 19.9 Å². The third-order valence-corrected chi connectivity index (χ3v) is 2.89. The summed E-state index contributed by atoms with van der Waals surface area (Å²) in [7, 11) is 0. The second-order valence-electron chi connectivity index (χ2n) is 4.69. The van der Waals surface area contributed by atoms with Crippen LogP contribution >= 0.6 is 0 Å². The number of primary amides is 1. The van der Waals surface area contributed by atoms with Gasteiger partial charge in [0.25, 0.3) is 0 Å². The van der Waals surface area contributed by atoms with Gasteiger partial charge in [-0.15, -0.1) is 6.58 Å². The van der Waals surface area contributed by atoms with E-state index in [0.717, 1.165) is 12.8 Å². The first-order valence-corrected chi connectivity index (χ1v) is 5.09. The lowest BCUT2D eigenvalue weighted by Gasteiger charge is -2.31. The van der Waals surface area contributed by atoms with E-state index in [2.05, 4.69) is 6.58 Å². The Bertz CT molecular complexity index is 275. The van der Waals surface area contributed by atoms with E-state index in [4.69, 9.17) is 15.2 Å². The van der Waals surface area contributed by atoms with Crippen LogP contribution in [0.2, 0.25) is 0 Å². The van der Waals surface area contributed by atoms with E-state index in [1.165, 1.54) is 0 Å². The maximum absolute atomic E-state index is 10.7. The summed E-state index contributed by atoms with van der Waals surface area (Å²) in [6, 6.07) is 0. The number of nitrogens with two attached hydrogens (primary N) is 1. The van der Waals surface area contributed by atoms with Gasteiger partial charge in [-0.05, 0) is 33.6 Å². The van der Waals surface area contributed by atoms with E-state index >= 15 is 0 Å². The summed E-state index contributed by atoms with van der Waals surface area (Å²) in [4.78, 5) is 10.7. The van der Waals surface area contributed by atoms with Crippen LogP contribution in [0.5, 0.6) is 0 Å². The van der Waals surface area contributed by atoms with Gasteiger partial charge in [0.05, 0.1) is 11.7 Å². The topological polar surface area (TPSA) is 61.5 Å². The molecule has 0 radical (unpaired) electrons. The normalized spacial score (nSPS) is 31.3. The molecule has 0 aliphatic carbocycles. The summed E-state index contributed by atoms with van der Waals surface area (Å²) in [6.45, 7) is 9.31. The second kappa shape index (κ2) is 3.85. The van der Waals surface area contributed by atoms with Crippen LogP contribution in [0.4, 0.5) is 4.79 Å². The highest BCUT2D eigenvalue weighted by Crippen LogP contribution is 2.37. The molecular weight excluding hydrogens is 194 g/mol. The first-order chi connectivity index (χ1) is 6.79. The van der Waals surface area contributed by atoms with Gasteiger partial charge in [-0.3, -0.25) is 0 Å². The molecule has 1 aliphatic heterocycles. The fourth-order valence-corrected chi connectivity index (χ4v) is 1.83. The van der Waals surface area contributed by atoms with Gasteiger partial charge >= 0.3 is 6.09 Å². The summed E-state index contributed by atoms with van der Waals surface area (Å²) in [5.41, 5.74) is 4.01. The van der Waals surface area contributed by atoms with Crippen molar-refractivity contribution >= 4 is 6.09 Å². The quantitative estimate of drug-likeness (QED) is 0.729. The zero-order chi connectivity index (χ0) is 11.7. The molecule has 0 aromatic carbocycles. The van der Waals surface area contributed by atoms with Crippen LogP contribution < -0.4 is 5.73 Å². The molecule has 1 saturated heterocycles. The van der Waals surface area contributed by atoms with Gasteiger partial charge < -0.3 is 15.2 Å². The molecule has 2 N–H and O–H groups in total. The molecular formula is C11H19NO3. The van der Waals surface area contributed by atoms with E-state index in [1.807, 2.05) is 6.92 Å². The Balaban J connectivity index is 2.67. The molecule has 4 nitrogen and oxygen atoms in total. The van der Waals surface area contributed by atoms with Gasteiger partial charge in [-0.1, -0.05) is 6.08 Å². The molecule has 0 saturated carbocycles. The summed E-state index contributed by atoms with van der Waals surface area (Å²) >= 11 is 0. The van der Waals surface area contributed by atoms with Gasteiger partial charge in [0.2, 0.25) is 0 Å². The van der Waals surface area contributed by atoms with Crippen LogP contribution in [0.3, 0.4) is 0 Å². The largest absolute Gasteiger partial charge is 0.441 e. The fraction of sp³-hybridized carbons (Fsp3) is 0.727. The maximum Gasteiger partial charge on any atom is 0.405 e. The van der Waals surface area contributed by atoms with Gasteiger partial charge in [-0.2, -0.15) is 0 Å². The van der Waals surface area contributed by atoms with Crippen molar-refractivity contribution in [3.63, 3.8) is 0 Å². The smallest absolute Gasteiger partial charge is 0.405 e. The highest BCUT2D eigenvalue weighted by molar-refractivity contribution is 5.65. The minimum atomic E-state index is -0.768. The predicted octanol–water partition coefficient (Wildman–Crippen LogP) is 1.98. The highest BCUT2D eigenvalue weighted by Gasteiger charge is 2.43. The molecule has 0 spiro atoms. The SMILES string of the molecule is C=CC1(C)CCC(C(C)(C)OC(N)=O)O1. The first-order valence-electron chi connectivity index (χ1n) is 5.09. The van der Waals surface area contributed by atoms with Crippen molar-refractivity contribution in [1.82, 2.24) is 0 Å². The van der Waals surface area contributed by atoms with Crippen LogP contribution in [0.1, 0.15) is 33.6 Å². The molecule has 0 aromatic heterocycles. The Hall–Kier alpha value is -1.03. The van der Waals surface area contributed by atoms with E-state index < -0.39 is 11.7 Å². The van der Waals surface area contributed by atoms with Crippen LogP contribution in [0, 0.1) is 0 Å². The molecule has 1 fully saturated rings. The molecule has 1 rings (SSSR count). The average molecular weight is 213 g/mol. The Morgan fingerprint density at radius 1 is 1.73 bits per heavy atom. The number of carbonyl (C=O) groups excluding carboxylic acids is 1. The third kappa shape index (κ3) is 2.72. The Kier molecular flexibility index (Phi) is 3.09. The van der Waals surface area contributed by atoms with Crippen molar-refractivity contribution in [3.8, 4) is 0 Å². The van der Waals surface area contributed by atoms with E-state index in [9.17, 15) is 4.79 Å². The van der Waals surface area contributed by atoms with E-state index in [-0.39, 0.29) is 11.7 Å². The van der Waals surface area contributed by atoms with Crippen LogP contribution in [-0.4, -0.2) is 23.4 Å². The second-order valence-corrected chi connectivity index (χ2v) is 4.69. The fourth-order valence-electron chi connectivity index (χ4n) is 1.83. The van der Waals surface area contributed by atoms with Crippen LogP contribution in [0.15, 0.2) is 12.7 Å². The molecule has 86 valence electrons. The number of hydrogen-bond donors (Lipinski definition) is 1. The molecule has 0 aromatic rings. The van der Waals surface area contributed by atoms with Crippen LogP contribution in [0.25, 0.3) is 0 Å². The van der Waals surface area contributed by atoms with Crippen molar-refractivity contribution < 1.29 is 14.3 Å². The Morgan fingerprint density at radius 3 is 2.73 bits per heavy atom. The minimum absolute atomic E-state index is 0.131. The van der Waals surface area contributed by atoms with Crippen molar-refractivity contribution in [2.24, 2.45) is 5.73 Å². The van der Waals surface area contributed by atoms with Gasteiger partial charge in [0, 0.05) is 0 Å². The standard InChI is InChI=1S/C11H19NO3/c1-5-11(4)7-6-8(14-11)10(2,3)15-9(12)13/h5,8H,1,6-7H2,2-4H3,(H2,12,13). The lowest BCUT2D eigenvalue weighted by Crippen LogP contribution is -2.43. The Morgan fingerprint density at radius 2 is 2.33 bits per heavy atom. The van der Waals surface area contributed by atoms with Crippen molar-refractivity contribution in [1.29, 1.82) is 0 Å². The monoisotopic (exact) mass is 213 g/mol. The van der Waals surface area contributed by atoms with Crippen molar-refractivity contribution in [3.05, 3.63) is 12.7 Å². The summed E-state index contributed by atoms with van der Waals surface area (Å²) in [5.74, 6) is 0. The average Bonchev–Trinajstić information content (AvgIpc) is 2.47. The zero-order valence-corrected chi connectivity index (χ0v) is 9.58. The van der Waals surface area contributed by atoms with Gasteiger partial charge in [-0.25, -0.2) is 4.79 Å². The van der Waals surface area contributed by atoms with Gasteiger partial charge in [0.1, 0.15) is 5.60 Å². The van der Waals surface area contributed by atoms with E-state index in [0.29, 0.717) is 0 Å². The number of ether oxygens (including phenoxy) is 2. The molecule has 2 unspecified atom stereocenters. The van der Waals surface area contributed by atoms with Crippen molar-refractivity contribution in [2.45, 2.75) is 50.9 Å². The molecule has 2 atom stereocenters. The molecule has 15 heavy (non-hydrogen) atoms. The lowest BCUT2D eigenvalue weighted by atomic mass is 9.97. The Labute approximate surface area is 90.4 Å². The third-order valence-electron chi connectivity index (χ3n) is 2.89. The van der Waals surface area contributed by atoms with Crippen molar-refractivity contribution in [2.75, 3.05) is 0 Å². The first kappa shape index (κ1) is 12.0. The summed E-state index contributed by atoms with van der Waals surface area (Å²) in [5, 5.41) is 0. The van der Waals surface area contributed by atoms with Gasteiger partial charge in [0.15, 0.2) is 0 Å². The number of hydrogen-bond acceptors (Lipinski definition) is 3. The number of carbonyl (C=O) groups is 1. The molecule has 4 heteroatoms. The summed E-state index contributed by atoms with van der Waals surface area (Å²) in [6.07, 6.45) is 2.60. The number of amides is 1. The zero-order valence-electron chi connectivity index (χ0n) is 9.58. The molecule has 1 aliphatic rings. The predicted molar refractivity (Wildman–Crippen MR) is 57.5 cm³/mol. The lowest BCUT2D eigenvalue weighted by molar-refractivity contribution is -0.102. The molecule has 1 amide bonds. The van der Waals surface area contributed by atoms with Crippen LogP contribution in [-0.2, 0) is 9.47 Å². The highest BCUT2D eigenvalue weighted by atomic mass is 16.6. The molecule has 1 heterocycles. The maximum atomic E-state index is 10.7. The minimum Gasteiger partial charge on any atom is -0.441 e. The molecule has 0 bridgehead atoms. The number of rotatable bonds is 3.